The summed E-state index contributed by atoms with van der Waals surface area (Å²) in [5.41, 5.74) is 1.47. The zero-order valence-corrected chi connectivity index (χ0v) is 15.9. The van der Waals surface area contributed by atoms with Gasteiger partial charge in [-0.25, -0.2) is 17.2 Å². The number of hydrogen-bond acceptors (Lipinski definition) is 3. The van der Waals surface area contributed by atoms with Gasteiger partial charge in [0.2, 0.25) is 10.0 Å². The van der Waals surface area contributed by atoms with E-state index in [4.69, 9.17) is 11.6 Å². The van der Waals surface area contributed by atoms with Gasteiger partial charge in [0.1, 0.15) is 16.5 Å². The molecule has 0 aliphatic carbocycles. The molecule has 0 radical (unpaired) electrons. The summed E-state index contributed by atoms with van der Waals surface area (Å²) in [6.45, 7) is 3.59. The number of aromatic nitrogens is 2. The zero-order chi connectivity index (χ0) is 19.1. The van der Waals surface area contributed by atoms with E-state index in [0.29, 0.717) is 17.0 Å². The van der Waals surface area contributed by atoms with E-state index in [2.05, 4.69) is 10.2 Å². The number of nitrogens with zero attached hydrogens (tertiary/aromatic N) is 2. The molecule has 0 unspecified atom stereocenters. The summed E-state index contributed by atoms with van der Waals surface area (Å²) in [5.74, 6) is -1.21. The Morgan fingerprint density at radius 3 is 2.46 bits per heavy atom. The lowest BCUT2D eigenvalue weighted by Gasteiger charge is -2.28. The topological polar surface area (TPSA) is 66.1 Å². The molecule has 1 aliphatic heterocycles. The summed E-state index contributed by atoms with van der Waals surface area (Å²) in [4.78, 5) is 0.171. The molecule has 140 valence electrons. The number of aryl methyl sites for hydroxylation is 2. The quantitative estimate of drug-likeness (QED) is 0.845. The van der Waals surface area contributed by atoms with Gasteiger partial charge < -0.3 is 0 Å². The second-order valence-electron chi connectivity index (χ2n) is 6.21. The summed E-state index contributed by atoms with van der Waals surface area (Å²) in [7, 11) is -3.69. The highest BCUT2D eigenvalue weighted by Crippen LogP contribution is 2.32. The van der Waals surface area contributed by atoms with Crippen LogP contribution in [-0.2, 0) is 10.0 Å². The molecule has 1 aromatic heterocycles. The van der Waals surface area contributed by atoms with Gasteiger partial charge in [0, 0.05) is 18.7 Å². The van der Waals surface area contributed by atoms with Crippen LogP contribution in [0, 0.1) is 19.7 Å². The van der Waals surface area contributed by atoms with Crippen molar-refractivity contribution in [2.45, 2.75) is 31.6 Å². The highest BCUT2D eigenvalue weighted by Gasteiger charge is 2.32. The Labute approximate surface area is 155 Å². The molecule has 2 aromatic rings. The van der Waals surface area contributed by atoms with Crippen molar-refractivity contribution in [2.24, 2.45) is 0 Å². The highest BCUT2D eigenvalue weighted by molar-refractivity contribution is 7.89. The molecule has 5 nitrogen and oxygen atoms in total. The van der Waals surface area contributed by atoms with Crippen molar-refractivity contribution in [1.82, 2.24) is 14.5 Å². The number of H-pyrrole nitrogens is 1. The Morgan fingerprint density at radius 2 is 1.92 bits per heavy atom. The molecule has 2 heterocycles. The van der Waals surface area contributed by atoms with Crippen LogP contribution in [0.15, 0.2) is 28.7 Å². The number of benzene rings is 1. The molecule has 3 rings (SSSR count). The molecule has 0 spiro atoms. The van der Waals surface area contributed by atoms with Crippen LogP contribution in [0.2, 0.25) is 5.02 Å². The van der Waals surface area contributed by atoms with Crippen molar-refractivity contribution < 1.29 is 17.2 Å². The maximum atomic E-state index is 14.6. The molecule has 26 heavy (non-hydrogen) atoms. The minimum atomic E-state index is -3.69. The number of aromatic amines is 1. The lowest BCUT2D eigenvalue weighted by Crippen LogP contribution is -2.37. The summed E-state index contributed by atoms with van der Waals surface area (Å²) < 4.78 is 55.1. The Kier molecular flexibility index (Phi) is 5.18. The van der Waals surface area contributed by atoms with Crippen LogP contribution >= 0.6 is 11.6 Å². The van der Waals surface area contributed by atoms with Crippen LogP contribution < -0.4 is 0 Å². The van der Waals surface area contributed by atoms with Crippen LogP contribution in [-0.4, -0.2) is 36.0 Å². The minimum absolute atomic E-state index is 0.0710. The molecular formula is C17H18ClF2N3O2S. The molecule has 1 aliphatic rings. The fourth-order valence-electron chi connectivity index (χ4n) is 3.10. The van der Waals surface area contributed by atoms with E-state index in [1.165, 1.54) is 16.4 Å². The van der Waals surface area contributed by atoms with Crippen LogP contribution in [0.3, 0.4) is 0 Å². The van der Waals surface area contributed by atoms with Crippen molar-refractivity contribution in [1.29, 1.82) is 0 Å². The van der Waals surface area contributed by atoms with Crippen molar-refractivity contribution in [3.05, 3.63) is 51.6 Å². The van der Waals surface area contributed by atoms with E-state index in [-0.39, 0.29) is 41.4 Å². The first kappa shape index (κ1) is 19.0. The molecule has 0 atom stereocenters. The van der Waals surface area contributed by atoms with Gasteiger partial charge in [-0.1, -0.05) is 17.7 Å². The summed E-state index contributed by atoms with van der Waals surface area (Å²) >= 11 is 5.62. The van der Waals surface area contributed by atoms with Gasteiger partial charge in [0.15, 0.2) is 0 Å². The van der Waals surface area contributed by atoms with Crippen molar-refractivity contribution in [3.63, 3.8) is 0 Å². The number of rotatable bonds is 3. The molecular weight excluding hydrogens is 384 g/mol. The molecule has 0 bridgehead atoms. The Morgan fingerprint density at radius 1 is 1.27 bits per heavy atom. The number of halogens is 3. The monoisotopic (exact) mass is 401 g/mol. The largest absolute Gasteiger partial charge is 0.281 e. The average Bonchev–Trinajstić information content (AvgIpc) is 2.96. The Hall–Kier alpha value is -1.77. The SMILES string of the molecule is Cc1n[nH]c(C)c1S(=O)(=O)N1CCC(=C(F)c2ccc(Cl)c(F)c2)CC1. The maximum Gasteiger partial charge on any atom is 0.246 e. The number of piperidine rings is 1. The predicted octanol–water partition coefficient (Wildman–Crippen LogP) is 3.98. The normalized spacial score (nSPS) is 16.1. The van der Waals surface area contributed by atoms with E-state index in [1.807, 2.05) is 0 Å². The number of sulfonamides is 1. The lowest BCUT2D eigenvalue weighted by atomic mass is 10.0. The van der Waals surface area contributed by atoms with Gasteiger partial charge in [0.05, 0.1) is 16.4 Å². The van der Waals surface area contributed by atoms with E-state index in [0.717, 1.165) is 6.07 Å². The van der Waals surface area contributed by atoms with Crippen LogP contribution in [0.1, 0.15) is 29.8 Å². The van der Waals surface area contributed by atoms with Crippen LogP contribution in [0.5, 0.6) is 0 Å². The summed E-state index contributed by atoms with van der Waals surface area (Å²) in [6, 6.07) is 3.76. The van der Waals surface area contributed by atoms with Gasteiger partial charge in [-0.15, -0.1) is 0 Å². The summed E-state index contributed by atoms with van der Waals surface area (Å²) in [6.07, 6.45) is 0.483. The molecule has 1 aromatic carbocycles. The first-order valence-electron chi connectivity index (χ1n) is 8.06. The van der Waals surface area contributed by atoms with Crippen molar-refractivity contribution >= 4 is 27.5 Å². The van der Waals surface area contributed by atoms with E-state index in [1.54, 1.807) is 13.8 Å². The second kappa shape index (κ2) is 7.09. The third-order valence-electron chi connectivity index (χ3n) is 4.47. The number of nitrogens with one attached hydrogen (secondary N) is 1. The number of hydrogen-bond donors (Lipinski definition) is 1. The molecule has 0 saturated carbocycles. The third-order valence-corrected chi connectivity index (χ3v) is 6.94. The van der Waals surface area contributed by atoms with Gasteiger partial charge in [-0.2, -0.15) is 9.40 Å². The smallest absolute Gasteiger partial charge is 0.246 e. The predicted molar refractivity (Wildman–Crippen MR) is 95.5 cm³/mol. The lowest BCUT2D eigenvalue weighted by molar-refractivity contribution is 0.384. The van der Waals surface area contributed by atoms with E-state index < -0.39 is 21.7 Å². The van der Waals surface area contributed by atoms with Gasteiger partial charge >= 0.3 is 0 Å². The van der Waals surface area contributed by atoms with Crippen molar-refractivity contribution in [3.8, 4) is 0 Å². The van der Waals surface area contributed by atoms with E-state index in [9.17, 15) is 17.2 Å². The fraction of sp³-hybridized carbons (Fsp3) is 0.353. The molecule has 1 saturated heterocycles. The first-order valence-corrected chi connectivity index (χ1v) is 9.88. The maximum absolute atomic E-state index is 14.6. The Bertz CT molecular complexity index is 956. The highest BCUT2D eigenvalue weighted by atomic mass is 35.5. The van der Waals surface area contributed by atoms with Gasteiger partial charge in [0.25, 0.3) is 0 Å². The molecule has 1 fully saturated rings. The Balaban J connectivity index is 1.81. The molecule has 9 heteroatoms. The van der Waals surface area contributed by atoms with E-state index >= 15 is 0 Å². The average molecular weight is 402 g/mol. The van der Waals surface area contributed by atoms with Gasteiger partial charge in [-0.3, -0.25) is 5.10 Å². The summed E-state index contributed by atoms with van der Waals surface area (Å²) in [5, 5.41) is 6.53. The fourth-order valence-corrected chi connectivity index (χ4v) is 4.99. The van der Waals surface area contributed by atoms with Crippen LogP contribution in [0.4, 0.5) is 8.78 Å². The van der Waals surface area contributed by atoms with Crippen molar-refractivity contribution in [2.75, 3.05) is 13.1 Å². The second-order valence-corrected chi connectivity index (χ2v) is 8.50. The zero-order valence-electron chi connectivity index (χ0n) is 14.3. The molecule has 0 amide bonds. The standard InChI is InChI=1S/C17H18ClF2N3O2S/c1-10-17(11(2)22-21-10)26(24,25)23-7-5-12(6-8-23)16(20)13-3-4-14(18)15(19)9-13/h3-4,9H,5-8H2,1-2H3,(H,21,22). The first-order chi connectivity index (χ1) is 12.2. The van der Waals surface area contributed by atoms with Crippen LogP contribution in [0.25, 0.3) is 5.83 Å². The van der Waals surface area contributed by atoms with Gasteiger partial charge in [-0.05, 0) is 44.4 Å². The molecule has 1 N–H and O–H groups in total. The third kappa shape index (κ3) is 3.41. The minimum Gasteiger partial charge on any atom is -0.281 e.